The third-order valence-electron chi connectivity index (χ3n) is 3.29. The Hall–Kier alpha value is -1.69. The molecule has 20 heavy (non-hydrogen) atoms. The number of nitrogens with one attached hydrogen (secondary N) is 2. The second-order valence-corrected chi connectivity index (χ2v) is 5.32. The van der Waals surface area contributed by atoms with Gasteiger partial charge in [0.25, 0.3) is 5.56 Å². The largest absolute Gasteiger partial charge is 0.394 e. The number of amides is 1. The molecule has 6 nitrogen and oxygen atoms in total. The molecule has 0 aromatic carbocycles. The molecule has 1 heterocycles. The minimum atomic E-state index is -0.252. The van der Waals surface area contributed by atoms with Crippen LogP contribution in [0.3, 0.4) is 0 Å². The number of rotatable bonds is 6. The lowest BCUT2D eigenvalue weighted by Crippen LogP contribution is -2.41. The third-order valence-corrected chi connectivity index (χ3v) is 3.29. The summed E-state index contributed by atoms with van der Waals surface area (Å²) in [6.45, 7) is 7.26. The first-order valence-electron chi connectivity index (χ1n) is 6.81. The fraction of sp³-hybridized carbons (Fsp3) is 0.643. The van der Waals surface area contributed by atoms with E-state index in [0.29, 0.717) is 23.5 Å². The molecule has 1 unspecified atom stereocenters. The number of hydrogen-bond donors (Lipinski definition) is 3. The van der Waals surface area contributed by atoms with E-state index in [1.165, 1.54) is 0 Å². The number of aryl methyl sites for hydroxylation is 2. The van der Waals surface area contributed by atoms with Crippen LogP contribution in [0.15, 0.2) is 4.79 Å². The van der Waals surface area contributed by atoms with Gasteiger partial charge in [0.1, 0.15) is 5.82 Å². The van der Waals surface area contributed by atoms with Crippen LogP contribution in [0.25, 0.3) is 0 Å². The van der Waals surface area contributed by atoms with E-state index in [-0.39, 0.29) is 36.5 Å². The summed E-state index contributed by atoms with van der Waals surface area (Å²) in [6, 6.07) is -0.252. The van der Waals surface area contributed by atoms with Gasteiger partial charge in [-0.2, -0.15) is 0 Å². The van der Waals surface area contributed by atoms with E-state index >= 15 is 0 Å². The Morgan fingerprint density at radius 3 is 2.55 bits per heavy atom. The molecule has 1 rings (SSSR count). The monoisotopic (exact) mass is 281 g/mol. The number of aliphatic hydroxyl groups is 1. The number of aliphatic hydroxyl groups excluding tert-OH is 1. The van der Waals surface area contributed by atoms with E-state index in [0.717, 1.165) is 0 Å². The molecule has 1 amide bonds. The molecule has 0 bridgehead atoms. The molecule has 1 aromatic heterocycles. The van der Waals surface area contributed by atoms with E-state index < -0.39 is 0 Å². The van der Waals surface area contributed by atoms with Crippen molar-refractivity contribution in [3.05, 3.63) is 27.4 Å². The van der Waals surface area contributed by atoms with Gasteiger partial charge in [0.15, 0.2) is 0 Å². The van der Waals surface area contributed by atoms with Crippen LogP contribution in [0.5, 0.6) is 0 Å². The Morgan fingerprint density at radius 1 is 1.40 bits per heavy atom. The molecule has 0 aliphatic carbocycles. The van der Waals surface area contributed by atoms with Gasteiger partial charge in [-0.05, 0) is 26.2 Å². The van der Waals surface area contributed by atoms with Crippen LogP contribution in [-0.4, -0.2) is 33.6 Å². The molecule has 6 heteroatoms. The van der Waals surface area contributed by atoms with Gasteiger partial charge in [-0.1, -0.05) is 13.8 Å². The van der Waals surface area contributed by atoms with E-state index in [9.17, 15) is 9.59 Å². The van der Waals surface area contributed by atoms with Crippen LogP contribution in [0.4, 0.5) is 0 Å². The quantitative estimate of drug-likeness (QED) is 0.705. The Balaban J connectivity index is 2.64. The topological polar surface area (TPSA) is 95.1 Å². The van der Waals surface area contributed by atoms with Crippen molar-refractivity contribution in [1.82, 2.24) is 15.3 Å². The van der Waals surface area contributed by atoms with Crippen LogP contribution < -0.4 is 10.9 Å². The zero-order valence-corrected chi connectivity index (χ0v) is 12.5. The maximum absolute atomic E-state index is 11.8. The lowest BCUT2D eigenvalue weighted by molar-refractivity contribution is -0.122. The average Bonchev–Trinajstić information content (AvgIpc) is 2.34. The van der Waals surface area contributed by atoms with Gasteiger partial charge in [0.2, 0.25) is 5.91 Å². The summed E-state index contributed by atoms with van der Waals surface area (Å²) in [7, 11) is 0. The molecule has 0 spiro atoms. The number of nitrogens with zero attached hydrogens (tertiary/aromatic N) is 1. The molecular weight excluding hydrogens is 258 g/mol. The minimum absolute atomic E-state index is 0.0882. The molecule has 0 aliphatic rings. The van der Waals surface area contributed by atoms with Gasteiger partial charge in [-0.15, -0.1) is 0 Å². The standard InChI is InChI=1S/C14H23N3O3/c1-8(2)12(7-18)17-13(19)6-5-11-9(3)15-10(4)16-14(11)20/h8,12,18H,5-7H2,1-4H3,(H,17,19)(H,15,16,20). The SMILES string of the molecule is Cc1nc(C)c(CCC(=O)NC(CO)C(C)C)c(=O)[nH]1. The van der Waals surface area contributed by atoms with E-state index in [2.05, 4.69) is 15.3 Å². The molecule has 0 saturated heterocycles. The predicted molar refractivity (Wildman–Crippen MR) is 76.5 cm³/mol. The normalized spacial score (nSPS) is 12.5. The predicted octanol–water partition coefficient (Wildman–Crippen LogP) is 0.452. The molecule has 112 valence electrons. The van der Waals surface area contributed by atoms with Crippen molar-refractivity contribution < 1.29 is 9.90 Å². The smallest absolute Gasteiger partial charge is 0.254 e. The summed E-state index contributed by atoms with van der Waals surface area (Å²) in [4.78, 5) is 30.4. The second kappa shape index (κ2) is 7.19. The highest BCUT2D eigenvalue weighted by molar-refractivity contribution is 5.76. The van der Waals surface area contributed by atoms with Gasteiger partial charge < -0.3 is 15.4 Å². The highest BCUT2D eigenvalue weighted by Crippen LogP contribution is 2.04. The van der Waals surface area contributed by atoms with Gasteiger partial charge in [0.05, 0.1) is 12.6 Å². The van der Waals surface area contributed by atoms with Crippen molar-refractivity contribution in [2.45, 2.75) is 46.6 Å². The lowest BCUT2D eigenvalue weighted by Gasteiger charge is -2.19. The number of aromatic amines is 1. The molecule has 3 N–H and O–H groups in total. The number of H-pyrrole nitrogens is 1. The van der Waals surface area contributed by atoms with Crippen molar-refractivity contribution in [3.8, 4) is 0 Å². The number of carbonyl (C=O) groups excluding carboxylic acids is 1. The van der Waals surface area contributed by atoms with E-state index in [4.69, 9.17) is 5.11 Å². The van der Waals surface area contributed by atoms with Crippen molar-refractivity contribution in [2.24, 2.45) is 5.92 Å². The van der Waals surface area contributed by atoms with Crippen molar-refractivity contribution in [2.75, 3.05) is 6.61 Å². The summed E-state index contributed by atoms with van der Waals surface area (Å²) in [5, 5.41) is 11.9. The first-order valence-corrected chi connectivity index (χ1v) is 6.81. The van der Waals surface area contributed by atoms with E-state index in [1.807, 2.05) is 13.8 Å². The summed E-state index contributed by atoms with van der Waals surface area (Å²) in [5.74, 6) is 0.563. The second-order valence-electron chi connectivity index (χ2n) is 5.32. The third kappa shape index (κ3) is 4.45. The fourth-order valence-corrected chi connectivity index (χ4v) is 1.99. The van der Waals surface area contributed by atoms with Crippen LogP contribution in [0.2, 0.25) is 0 Å². The van der Waals surface area contributed by atoms with Gasteiger partial charge >= 0.3 is 0 Å². The Morgan fingerprint density at radius 2 is 2.05 bits per heavy atom. The number of aromatic nitrogens is 2. The van der Waals surface area contributed by atoms with Crippen molar-refractivity contribution >= 4 is 5.91 Å². The van der Waals surface area contributed by atoms with Gasteiger partial charge in [0, 0.05) is 17.7 Å². The zero-order valence-electron chi connectivity index (χ0n) is 12.5. The van der Waals surface area contributed by atoms with Crippen molar-refractivity contribution in [1.29, 1.82) is 0 Å². The van der Waals surface area contributed by atoms with E-state index in [1.54, 1.807) is 13.8 Å². The molecule has 0 aliphatic heterocycles. The van der Waals surface area contributed by atoms with Crippen LogP contribution in [0, 0.1) is 19.8 Å². The Kier molecular flexibility index (Phi) is 5.88. The van der Waals surface area contributed by atoms with Gasteiger partial charge in [-0.3, -0.25) is 9.59 Å². The van der Waals surface area contributed by atoms with Crippen molar-refractivity contribution in [3.63, 3.8) is 0 Å². The first kappa shape index (κ1) is 16.4. The molecule has 0 radical (unpaired) electrons. The maximum Gasteiger partial charge on any atom is 0.254 e. The van der Waals surface area contributed by atoms with Crippen LogP contribution >= 0.6 is 0 Å². The molecule has 0 saturated carbocycles. The summed E-state index contributed by atoms with van der Waals surface area (Å²) < 4.78 is 0. The molecule has 0 fully saturated rings. The highest BCUT2D eigenvalue weighted by atomic mass is 16.3. The summed E-state index contributed by atoms with van der Waals surface area (Å²) >= 11 is 0. The Bertz CT molecular complexity index is 523. The summed E-state index contributed by atoms with van der Waals surface area (Å²) in [6.07, 6.45) is 0.550. The average molecular weight is 281 g/mol. The number of carbonyl (C=O) groups is 1. The summed E-state index contributed by atoms with van der Waals surface area (Å²) in [5.41, 5.74) is 1.00. The number of hydrogen-bond acceptors (Lipinski definition) is 4. The Labute approximate surface area is 118 Å². The molecular formula is C14H23N3O3. The zero-order chi connectivity index (χ0) is 15.3. The fourth-order valence-electron chi connectivity index (χ4n) is 1.99. The van der Waals surface area contributed by atoms with Crippen LogP contribution in [0.1, 0.15) is 37.4 Å². The van der Waals surface area contributed by atoms with Crippen LogP contribution in [-0.2, 0) is 11.2 Å². The first-order chi connectivity index (χ1) is 9.35. The molecule has 1 aromatic rings. The van der Waals surface area contributed by atoms with Gasteiger partial charge in [-0.25, -0.2) is 4.98 Å². The lowest BCUT2D eigenvalue weighted by atomic mass is 10.0. The minimum Gasteiger partial charge on any atom is -0.394 e. The molecule has 1 atom stereocenters. The highest BCUT2D eigenvalue weighted by Gasteiger charge is 2.16. The maximum atomic E-state index is 11.8.